The fraction of sp³-hybridized carbons (Fsp3) is 0.444. The molecule has 0 spiro atoms. The molecule has 0 fully saturated rings. The zero-order valence-corrected chi connectivity index (χ0v) is 16.1. The van der Waals surface area contributed by atoms with E-state index in [2.05, 4.69) is 10.6 Å². The van der Waals surface area contributed by atoms with E-state index in [1.54, 1.807) is 6.92 Å². The summed E-state index contributed by atoms with van der Waals surface area (Å²) in [6, 6.07) is 1.87. The highest BCUT2D eigenvalue weighted by Crippen LogP contribution is 2.15. The molecule has 0 radical (unpaired) electrons. The minimum Gasteiger partial charge on any atom is -0.481 e. The van der Waals surface area contributed by atoms with Crippen molar-refractivity contribution in [2.24, 2.45) is 5.92 Å². The summed E-state index contributed by atoms with van der Waals surface area (Å²) in [4.78, 5) is 47.7. The Morgan fingerprint density at radius 2 is 1.89 bits per heavy atom. The molecule has 0 saturated heterocycles. The Hall–Kier alpha value is -3.17. The third-order valence-corrected chi connectivity index (χ3v) is 3.77. The number of nitrogens with zero attached hydrogens (tertiary/aromatic N) is 1. The molecule has 10 heteroatoms. The fourth-order valence-corrected chi connectivity index (χ4v) is 2.17. The van der Waals surface area contributed by atoms with Gasteiger partial charge in [0.15, 0.2) is 0 Å². The van der Waals surface area contributed by atoms with E-state index in [9.17, 15) is 23.6 Å². The predicted molar refractivity (Wildman–Crippen MR) is 98.4 cm³/mol. The second-order valence-corrected chi connectivity index (χ2v) is 6.19. The van der Waals surface area contributed by atoms with Crippen LogP contribution >= 0.6 is 0 Å². The number of urea groups is 1. The van der Waals surface area contributed by atoms with Gasteiger partial charge in [0, 0.05) is 19.3 Å². The summed E-state index contributed by atoms with van der Waals surface area (Å²) >= 11 is 0. The van der Waals surface area contributed by atoms with Crippen LogP contribution in [-0.2, 0) is 14.3 Å². The Balaban J connectivity index is 2.76. The van der Waals surface area contributed by atoms with E-state index in [-0.39, 0.29) is 24.4 Å². The average molecular weight is 397 g/mol. The number of aliphatic carboxylic acids is 1. The molecule has 1 aromatic rings. The van der Waals surface area contributed by atoms with Gasteiger partial charge in [-0.3, -0.25) is 9.59 Å². The van der Waals surface area contributed by atoms with Gasteiger partial charge in [0.1, 0.15) is 11.9 Å². The Kier molecular flexibility index (Phi) is 8.36. The van der Waals surface area contributed by atoms with Gasteiger partial charge in [-0.1, -0.05) is 6.92 Å². The molecule has 2 atom stereocenters. The van der Waals surface area contributed by atoms with Gasteiger partial charge in [-0.25, -0.2) is 14.0 Å². The molecular weight excluding hydrogens is 373 g/mol. The molecule has 3 N–H and O–H groups in total. The highest BCUT2D eigenvalue weighted by molar-refractivity contribution is 5.98. The van der Waals surface area contributed by atoms with Crippen molar-refractivity contribution in [3.63, 3.8) is 0 Å². The van der Waals surface area contributed by atoms with E-state index in [1.807, 2.05) is 0 Å². The third-order valence-electron chi connectivity index (χ3n) is 3.77. The monoisotopic (exact) mass is 397 g/mol. The van der Waals surface area contributed by atoms with Gasteiger partial charge in [-0.15, -0.1) is 0 Å². The Bertz CT molecular complexity index is 755. The molecular formula is C18H24FN3O6. The molecule has 2 unspecified atom stereocenters. The van der Waals surface area contributed by atoms with Crippen LogP contribution in [0.3, 0.4) is 0 Å². The molecule has 1 rings (SSSR count). The number of hydrogen-bond donors (Lipinski definition) is 3. The number of esters is 1. The van der Waals surface area contributed by atoms with Gasteiger partial charge < -0.3 is 25.4 Å². The van der Waals surface area contributed by atoms with Crippen LogP contribution in [0, 0.1) is 11.7 Å². The minimum absolute atomic E-state index is 0.0319. The lowest BCUT2D eigenvalue weighted by Gasteiger charge is -2.20. The second kappa shape index (κ2) is 10.2. The van der Waals surface area contributed by atoms with E-state index in [0.29, 0.717) is 0 Å². The maximum Gasteiger partial charge on any atom is 0.328 e. The Morgan fingerprint density at radius 3 is 2.43 bits per heavy atom. The number of halogens is 1. The molecule has 0 aliphatic carbocycles. The molecule has 0 aliphatic heterocycles. The largest absolute Gasteiger partial charge is 0.481 e. The zero-order chi connectivity index (χ0) is 21.4. The van der Waals surface area contributed by atoms with Crippen LogP contribution in [0.25, 0.3) is 0 Å². The van der Waals surface area contributed by atoms with Crippen molar-refractivity contribution < 1.29 is 33.4 Å². The van der Waals surface area contributed by atoms with Gasteiger partial charge in [0.25, 0.3) is 5.91 Å². The quantitative estimate of drug-likeness (QED) is 0.573. The van der Waals surface area contributed by atoms with Crippen LogP contribution in [-0.4, -0.2) is 60.1 Å². The molecule has 0 saturated carbocycles. The van der Waals surface area contributed by atoms with E-state index in [0.717, 1.165) is 17.0 Å². The van der Waals surface area contributed by atoms with E-state index >= 15 is 0 Å². The van der Waals surface area contributed by atoms with Crippen LogP contribution in [0.2, 0.25) is 0 Å². The van der Waals surface area contributed by atoms with Crippen molar-refractivity contribution >= 4 is 29.6 Å². The number of anilines is 1. The number of rotatable bonds is 8. The molecule has 0 aliphatic rings. The SMILES string of the molecule is CCOC(=O)C(C)NC(=O)c1ccc(NC(=O)N(C)CC(C)C(=O)O)cc1F. The van der Waals surface area contributed by atoms with Crippen molar-refractivity contribution in [2.75, 3.05) is 25.5 Å². The van der Waals surface area contributed by atoms with Crippen LogP contribution < -0.4 is 10.6 Å². The van der Waals surface area contributed by atoms with Gasteiger partial charge >= 0.3 is 18.0 Å². The first-order valence-electron chi connectivity index (χ1n) is 8.58. The number of benzene rings is 1. The van der Waals surface area contributed by atoms with Gasteiger partial charge in [0.05, 0.1) is 18.1 Å². The molecule has 1 aromatic carbocycles. The number of carbonyl (C=O) groups is 4. The summed E-state index contributed by atoms with van der Waals surface area (Å²) in [7, 11) is 1.41. The van der Waals surface area contributed by atoms with Gasteiger partial charge in [0.2, 0.25) is 0 Å². The highest BCUT2D eigenvalue weighted by Gasteiger charge is 2.21. The van der Waals surface area contributed by atoms with Crippen LogP contribution in [0.1, 0.15) is 31.1 Å². The summed E-state index contributed by atoms with van der Waals surface area (Å²) in [5, 5.41) is 13.6. The maximum absolute atomic E-state index is 14.2. The number of amides is 3. The number of carboxylic acids is 1. The normalized spacial score (nSPS) is 12.5. The molecule has 3 amide bonds. The van der Waals surface area contributed by atoms with Gasteiger partial charge in [-0.2, -0.15) is 0 Å². The third kappa shape index (κ3) is 6.53. The van der Waals surface area contributed by atoms with Crippen molar-refractivity contribution in [2.45, 2.75) is 26.8 Å². The summed E-state index contributed by atoms with van der Waals surface area (Å²) in [6.45, 7) is 4.61. The zero-order valence-electron chi connectivity index (χ0n) is 16.1. The number of nitrogens with one attached hydrogen (secondary N) is 2. The van der Waals surface area contributed by atoms with Crippen LogP contribution in [0.4, 0.5) is 14.9 Å². The summed E-state index contributed by atoms with van der Waals surface area (Å²) in [6.07, 6.45) is 0. The van der Waals surface area contributed by atoms with Crippen molar-refractivity contribution in [3.05, 3.63) is 29.6 Å². The summed E-state index contributed by atoms with van der Waals surface area (Å²) in [5.41, 5.74) is -0.214. The first-order chi connectivity index (χ1) is 13.1. The highest BCUT2D eigenvalue weighted by atomic mass is 19.1. The number of ether oxygens (including phenoxy) is 1. The topological polar surface area (TPSA) is 125 Å². The first kappa shape index (κ1) is 22.9. The van der Waals surface area contributed by atoms with E-state index in [4.69, 9.17) is 9.84 Å². The average Bonchev–Trinajstić information content (AvgIpc) is 2.61. The Labute approximate surface area is 161 Å². The molecule has 9 nitrogen and oxygen atoms in total. The number of carboxylic acid groups (broad SMARTS) is 1. The van der Waals surface area contributed by atoms with E-state index in [1.165, 1.54) is 27.0 Å². The fourth-order valence-electron chi connectivity index (χ4n) is 2.17. The van der Waals surface area contributed by atoms with Gasteiger partial charge in [-0.05, 0) is 32.0 Å². The van der Waals surface area contributed by atoms with Crippen LogP contribution in [0.15, 0.2) is 18.2 Å². The summed E-state index contributed by atoms with van der Waals surface area (Å²) < 4.78 is 19.0. The smallest absolute Gasteiger partial charge is 0.328 e. The van der Waals surface area contributed by atoms with Crippen molar-refractivity contribution in [3.8, 4) is 0 Å². The molecule has 28 heavy (non-hydrogen) atoms. The Morgan fingerprint density at radius 1 is 1.25 bits per heavy atom. The molecule has 0 bridgehead atoms. The summed E-state index contributed by atoms with van der Waals surface area (Å²) in [5.74, 6) is -4.15. The first-order valence-corrected chi connectivity index (χ1v) is 8.58. The molecule has 0 heterocycles. The standard InChI is InChI=1S/C18H24FN3O6/c1-5-28-17(26)11(3)20-15(23)13-7-6-12(8-14(13)19)21-18(27)22(4)9-10(2)16(24)25/h6-8,10-11H,5,9H2,1-4H3,(H,20,23)(H,21,27)(H,24,25). The van der Waals surface area contributed by atoms with Crippen molar-refractivity contribution in [1.82, 2.24) is 10.2 Å². The lowest BCUT2D eigenvalue weighted by atomic mass is 10.1. The molecule has 0 aromatic heterocycles. The lowest BCUT2D eigenvalue weighted by Crippen LogP contribution is -2.40. The second-order valence-electron chi connectivity index (χ2n) is 6.19. The number of hydrogen-bond acceptors (Lipinski definition) is 5. The van der Waals surface area contributed by atoms with Crippen molar-refractivity contribution in [1.29, 1.82) is 0 Å². The maximum atomic E-state index is 14.2. The number of carbonyl (C=O) groups excluding carboxylic acids is 3. The van der Waals surface area contributed by atoms with Crippen LogP contribution in [0.5, 0.6) is 0 Å². The minimum atomic E-state index is -1.04. The molecule has 154 valence electrons. The van der Waals surface area contributed by atoms with E-state index < -0.39 is 41.7 Å². The lowest BCUT2D eigenvalue weighted by molar-refractivity contribution is -0.145. The predicted octanol–water partition coefficient (Wildman–Crippen LogP) is 1.69.